The molecule has 1 rings (SSSR count). The highest BCUT2D eigenvalue weighted by atomic mass is 127. The molecular formula is C15H9F11INO. The SMILES string of the molecule is O=C(NCC(I)=CC(F)(C(F)(F)F)C(F)(F)C(F)(F)C(F)(F)F)c1ccccc1. The second-order valence-corrected chi connectivity index (χ2v) is 6.88. The van der Waals surface area contributed by atoms with Gasteiger partial charge in [0.15, 0.2) is 0 Å². The highest BCUT2D eigenvalue weighted by Crippen LogP contribution is 2.57. The number of amides is 1. The molecule has 14 heteroatoms. The fourth-order valence-corrected chi connectivity index (χ4v) is 2.50. The van der Waals surface area contributed by atoms with Crippen molar-refractivity contribution in [2.45, 2.75) is 29.9 Å². The topological polar surface area (TPSA) is 29.1 Å². The molecule has 29 heavy (non-hydrogen) atoms. The Balaban J connectivity index is 3.25. The summed E-state index contributed by atoms with van der Waals surface area (Å²) in [6.45, 7) is -1.05. The molecule has 0 saturated carbocycles. The molecule has 164 valence electrons. The summed E-state index contributed by atoms with van der Waals surface area (Å²) in [6, 6.07) is 6.79. The van der Waals surface area contributed by atoms with Crippen LogP contribution in [0.1, 0.15) is 10.4 Å². The first-order valence-corrected chi connectivity index (χ1v) is 8.25. The van der Waals surface area contributed by atoms with Gasteiger partial charge in [-0.05, 0) is 40.8 Å². The lowest BCUT2D eigenvalue weighted by Gasteiger charge is -2.37. The van der Waals surface area contributed by atoms with Gasteiger partial charge in [-0.15, -0.1) is 0 Å². The van der Waals surface area contributed by atoms with Crippen molar-refractivity contribution in [2.75, 3.05) is 6.54 Å². The van der Waals surface area contributed by atoms with Crippen LogP contribution in [-0.2, 0) is 0 Å². The zero-order chi connectivity index (χ0) is 22.9. The first-order valence-electron chi connectivity index (χ1n) is 7.17. The Morgan fingerprint density at radius 2 is 1.31 bits per heavy atom. The number of alkyl halides is 11. The fraction of sp³-hybridized carbons (Fsp3) is 0.400. The van der Waals surface area contributed by atoms with Crippen molar-refractivity contribution in [3.05, 3.63) is 45.6 Å². The summed E-state index contributed by atoms with van der Waals surface area (Å²) in [5.74, 6) is -15.5. The highest BCUT2D eigenvalue weighted by molar-refractivity contribution is 14.1. The molecule has 1 unspecified atom stereocenters. The van der Waals surface area contributed by atoms with Crippen LogP contribution in [0.15, 0.2) is 40.0 Å². The Hall–Kier alpha value is -1.61. The van der Waals surface area contributed by atoms with Crippen molar-refractivity contribution in [1.29, 1.82) is 0 Å². The second kappa shape index (κ2) is 8.26. The third-order valence-electron chi connectivity index (χ3n) is 3.43. The van der Waals surface area contributed by atoms with E-state index in [0.29, 0.717) is 0 Å². The Kier molecular flexibility index (Phi) is 7.24. The van der Waals surface area contributed by atoms with Crippen LogP contribution in [0, 0.1) is 0 Å². The molecule has 1 aromatic carbocycles. The molecule has 0 saturated heterocycles. The fourth-order valence-electron chi connectivity index (χ4n) is 1.88. The van der Waals surface area contributed by atoms with E-state index in [-0.39, 0.29) is 5.56 Å². The predicted octanol–water partition coefficient (Wildman–Crippen LogP) is 5.84. The third kappa shape index (κ3) is 4.94. The van der Waals surface area contributed by atoms with E-state index < -0.39 is 52.0 Å². The van der Waals surface area contributed by atoms with Crippen molar-refractivity contribution in [2.24, 2.45) is 0 Å². The van der Waals surface area contributed by atoms with E-state index in [1.165, 1.54) is 30.3 Å². The zero-order valence-corrected chi connectivity index (χ0v) is 15.8. The van der Waals surface area contributed by atoms with E-state index in [4.69, 9.17) is 0 Å². The minimum absolute atomic E-state index is 0.0343. The average Bonchev–Trinajstić information content (AvgIpc) is 2.58. The van der Waals surface area contributed by atoms with Gasteiger partial charge < -0.3 is 5.32 Å². The van der Waals surface area contributed by atoms with Crippen LogP contribution in [0.5, 0.6) is 0 Å². The Labute approximate surface area is 169 Å². The highest BCUT2D eigenvalue weighted by Gasteiger charge is 2.85. The van der Waals surface area contributed by atoms with E-state index in [0.717, 1.165) is 22.6 Å². The van der Waals surface area contributed by atoms with Crippen LogP contribution in [0.2, 0.25) is 0 Å². The number of nitrogens with one attached hydrogen (secondary N) is 1. The molecule has 1 amide bonds. The molecule has 0 fully saturated rings. The molecule has 0 spiro atoms. The van der Waals surface area contributed by atoms with Crippen LogP contribution in [0.4, 0.5) is 48.3 Å². The number of hydrogen-bond donors (Lipinski definition) is 1. The minimum Gasteiger partial charge on any atom is -0.348 e. The van der Waals surface area contributed by atoms with Crippen molar-refractivity contribution < 1.29 is 53.1 Å². The molecule has 1 N–H and O–H groups in total. The number of carbonyl (C=O) groups excluding carboxylic acids is 1. The van der Waals surface area contributed by atoms with Gasteiger partial charge in [0.25, 0.3) is 11.6 Å². The molecule has 2 nitrogen and oxygen atoms in total. The van der Waals surface area contributed by atoms with Crippen LogP contribution < -0.4 is 5.32 Å². The normalized spacial score (nSPS) is 16.3. The molecule has 0 bridgehead atoms. The van der Waals surface area contributed by atoms with Gasteiger partial charge in [-0.2, -0.15) is 43.9 Å². The number of halogens is 12. The summed E-state index contributed by atoms with van der Waals surface area (Å²) in [6.07, 6.45) is -15.1. The molecule has 0 aliphatic rings. The predicted molar refractivity (Wildman–Crippen MR) is 86.7 cm³/mol. The Morgan fingerprint density at radius 1 is 0.828 bits per heavy atom. The minimum atomic E-state index is -7.34. The Bertz CT molecular complexity index is 758. The summed E-state index contributed by atoms with van der Waals surface area (Å²) >= 11 is 0.796. The van der Waals surface area contributed by atoms with E-state index >= 15 is 0 Å². The summed E-state index contributed by atoms with van der Waals surface area (Å²) < 4.78 is 141. The van der Waals surface area contributed by atoms with Crippen LogP contribution >= 0.6 is 22.6 Å². The molecule has 0 heterocycles. The molecule has 0 aliphatic carbocycles. The molecular weight excluding hydrogens is 546 g/mol. The first kappa shape index (κ1) is 25.4. The van der Waals surface area contributed by atoms with E-state index in [2.05, 4.69) is 0 Å². The van der Waals surface area contributed by atoms with Crippen molar-refractivity contribution in [1.82, 2.24) is 5.32 Å². The Morgan fingerprint density at radius 3 is 1.72 bits per heavy atom. The van der Waals surface area contributed by atoms with Gasteiger partial charge in [-0.1, -0.05) is 18.2 Å². The first-order chi connectivity index (χ1) is 12.9. The monoisotopic (exact) mass is 555 g/mol. The molecule has 0 aromatic heterocycles. The smallest absolute Gasteiger partial charge is 0.348 e. The molecule has 1 atom stereocenters. The van der Waals surface area contributed by atoms with Gasteiger partial charge in [-0.3, -0.25) is 4.79 Å². The van der Waals surface area contributed by atoms with E-state index in [1.54, 1.807) is 0 Å². The number of hydrogen-bond acceptors (Lipinski definition) is 1. The van der Waals surface area contributed by atoms with Gasteiger partial charge in [0.1, 0.15) is 0 Å². The lowest BCUT2D eigenvalue weighted by molar-refractivity contribution is -0.402. The van der Waals surface area contributed by atoms with E-state index in [1.807, 2.05) is 5.32 Å². The molecule has 0 radical (unpaired) electrons. The standard InChI is InChI=1S/C15H9F11INO/c16-11(14(21,22)23,12(17,18)13(19,20)15(24,25)26)6-9(27)7-28-10(29)8-4-2-1-3-5-8/h1-6H,7H2,(H,28,29). The summed E-state index contributed by atoms with van der Waals surface area (Å²) in [7, 11) is 0. The van der Waals surface area contributed by atoms with Gasteiger partial charge in [0, 0.05) is 15.7 Å². The third-order valence-corrected chi connectivity index (χ3v) is 4.12. The van der Waals surface area contributed by atoms with Crippen molar-refractivity contribution >= 4 is 28.5 Å². The van der Waals surface area contributed by atoms with Gasteiger partial charge in [0.05, 0.1) is 0 Å². The lowest BCUT2D eigenvalue weighted by atomic mass is 9.90. The van der Waals surface area contributed by atoms with Crippen molar-refractivity contribution in [3.8, 4) is 0 Å². The summed E-state index contributed by atoms with van der Waals surface area (Å²) in [5.41, 5.74) is -6.42. The summed E-state index contributed by atoms with van der Waals surface area (Å²) in [5, 5.41) is 1.89. The van der Waals surface area contributed by atoms with Crippen LogP contribution in [0.3, 0.4) is 0 Å². The number of benzene rings is 1. The lowest BCUT2D eigenvalue weighted by Crippen LogP contribution is -2.66. The summed E-state index contributed by atoms with van der Waals surface area (Å²) in [4.78, 5) is 11.7. The van der Waals surface area contributed by atoms with Crippen LogP contribution in [0.25, 0.3) is 0 Å². The number of rotatable bonds is 6. The zero-order valence-electron chi connectivity index (χ0n) is 13.6. The van der Waals surface area contributed by atoms with Crippen LogP contribution in [-0.4, -0.2) is 42.3 Å². The van der Waals surface area contributed by atoms with E-state index in [9.17, 15) is 53.1 Å². The number of allylic oxidation sites excluding steroid dienone is 1. The maximum Gasteiger partial charge on any atom is 0.460 e. The second-order valence-electron chi connectivity index (χ2n) is 5.50. The van der Waals surface area contributed by atoms with Gasteiger partial charge in [-0.25, -0.2) is 4.39 Å². The quantitative estimate of drug-likeness (QED) is 0.347. The van der Waals surface area contributed by atoms with Crippen molar-refractivity contribution in [3.63, 3.8) is 0 Å². The van der Waals surface area contributed by atoms with Gasteiger partial charge in [0.2, 0.25) is 0 Å². The number of carbonyl (C=O) groups is 1. The molecule has 1 aromatic rings. The average molecular weight is 555 g/mol. The maximum atomic E-state index is 14.2. The largest absolute Gasteiger partial charge is 0.460 e. The maximum absolute atomic E-state index is 14.2. The molecule has 0 aliphatic heterocycles. The van der Waals surface area contributed by atoms with Gasteiger partial charge >= 0.3 is 24.2 Å².